The van der Waals surface area contributed by atoms with Crippen LogP contribution in [0.25, 0.3) is 0 Å². The van der Waals surface area contributed by atoms with Crippen molar-refractivity contribution in [3.05, 3.63) is 29.8 Å². The molecule has 1 heterocycles. The van der Waals surface area contributed by atoms with Gasteiger partial charge in [-0.2, -0.15) is 5.26 Å². The predicted molar refractivity (Wildman–Crippen MR) is 94.3 cm³/mol. The fraction of sp³-hybridized carbons (Fsp3) is 0.444. The highest BCUT2D eigenvalue weighted by Crippen LogP contribution is 2.21. The Hall–Kier alpha value is -3.08. The Morgan fingerprint density at radius 1 is 1.35 bits per heavy atom. The topological polar surface area (TPSA) is 112 Å². The second kappa shape index (κ2) is 9.42. The van der Waals surface area contributed by atoms with Gasteiger partial charge in [0.15, 0.2) is 0 Å². The molecule has 8 nitrogen and oxygen atoms in total. The molecule has 1 atom stereocenters. The zero-order valence-electron chi connectivity index (χ0n) is 14.7. The van der Waals surface area contributed by atoms with Crippen LogP contribution >= 0.6 is 0 Å². The van der Waals surface area contributed by atoms with Crippen molar-refractivity contribution in [2.45, 2.75) is 32.2 Å². The largest absolute Gasteiger partial charge is 0.466 e. The maximum absolute atomic E-state index is 12.4. The van der Waals surface area contributed by atoms with E-state index in [1.54, 1.807) is 29.2 Å². The van der Waals surface area contributed by atoms with E-state index < -0.39 is 12.1 Å². The molecule has 1 aliphatic rings. The molecule has 1 aliphatic heterocycles. The van der Waals surface area contributed by atoms with Crippen LogP contribution in [0.1, 0.15) is 31.7 Å². The van der Waals surface area contributed by atoms with Crippen LogP contribution in [0.4, 0.5) is 10.5 Å². The van der Waals surface area contributed by atoms with Gasteiger partial charge in [-0.1, -0.05) is 6.92 Å². The molecule has 0 aromatic heterocycles. The van der Waals surface area contributed by atoms with Crippen LogP contribution in [0.3, 0.4) is 0 Å². The first-order chi connectivity index (χ1) is 12.5. The van der Waals surface area contributed by atoms with Crippen molar-refractivity contribution >= 4 is 23.6 Å². The molecule has 1 aromatic rings. The molecule has 26 heavy (non-hydrogen) atoms. The summed E-state index contributed by atoms with van der Waals surface area (Å²) in [7, 11) is 0. The van der Waals surface area contributed by atoms with Crippen molar-refractivity contribution in [2.75, 3.05) is 24.6 Å². The molecule has 1 saturated heterocycles. The Morgan fingerprint density at radius 3 is 2.73 bits per heavy atom. The maximum Gasteiger partial charge on any atom is 0.315 e. The van der Waals surface area contributed by atoms with E-state index in [4.69, 9.17) is 10.00 Å². The van der Waals surface area contributed by atoms with Gasteiger partial charge in [-0.3, -0.25) is 9.59 Å². The SMILES string of the molecule is CCCOC(=O)CCNC(=O)NC1CCN(c2ccc(C#N)cc2)C1=O. The lowest BCUT2D eigenvalue weighted by Gasteiger charge is -2.17. The third-order valence-corrected chi connectivity index (χ3v) is 3.90. The van der Waals surface area contributed by atoms with Crippen molar-refractivity contribution in [3.63, 3.8) is 0 Å². The minimum atomic E-state index is -0.613. The first kappa shape index (κ1) is 19.2. The van der Waals surface area contributed by atoms with Gasteiger partial charge < -0.3 is 20.3 Å². The molecule has 0 aliphatic carbocycles. The van der Waals surface area contributed by atoms with Gasteiger partial charge in [0, 0.05) is 18.8 Å². The summed E-state index contributed by atoms with van der Waals surface area (Å²) in [6.45, 7) is 2.90. The molecule has 0 saturated carbocycles. The van der Waals surface area contributed by atoms with Crippen LogP contribution < -0.4 is 15.5 Å². The molecule has 0 spiro atoms. The van der Waals surface area contributed by atoms with E-state index in [1.165, 1.54) is 0 Å². The molecule has 2 rings (SSSR count). The van der Waals surface area contributed by atoms with E-state index in [0.717, 1.165) is 6.42 Å². The summed E-state index contributed by atoms with van der Waals surface area (Å²) in [6, 6.07) is 7.63. The lowest BCUT2D eigenvalue weighted by Crippen LogP contribution is -2.46. The number of nitriles is 1. The summed E-state index contributed by atoms with van der Waals surface area (Å²) in [5.74, 6) is -0.566. The number of rotatable bonds is 7. The number of amides is 3. The number of hydrogen-bond acceptors (Lipinski definition) is 5. The van der Waals surface area contributed by atoms with Crippen molar-refractivity contribution in [1.82, 2.24) is 10.6 Å². The van der Waals surface area contributed by atoms with E-state index >= 15 is 0 Å². The number of hydrogen-bond donors (Lipinski definition) is 2. The molecule has 1 unspecified atom stereocenters. The lowest BCUT2D eigenvalue weighted by molar-refractivity contribution is -0.143. The van der Waals surface area contributed by atoms with Gasteiger partial charge in [0.2, 0.25) is 5.91 Å². The van der Waals surface area contributed by atoms with E-state index in [2.05, 4.69) is 10.6 Å². The van der Waals surface area contributed by atoms with Crippen LogP contribution in [0.2, 0.25) is 0 Å². The normalized spacial score (nSPS) is 16.1. The van der Waals surface area contributed by atoms with E-state index in [-0.39, 0.29) is 24.8 Å². The Morgan fingerprint density at radius 2 is 2.08 bits per heavy atom. The Bertz CT molecular complexity index is 696. The number of nitrogens with zero attached hydrogens (tertiary/aromatic N) is 2. The number of nitrogens with one attached hydrogen (secondary N) is 2. The Kier molecular flexibility index (Phi) is 6.97. The molecule has 2 N–H and O–H groups in total. The minimum absolute atomic E-state index is 0.0867. The van der Waals surface area contributed by atoms with Crippen molar-refractivity contribution in [3.8, 4) is 6.07 Å². The molecule has 138 valence electrons. The third kappa shape index (κ3) is 5.21. The number of urea groups is 1. The first-order valence-electron chi connectivity index (χ1n) is 8.56. The maximum atomic E-state index is 12.4. The molecular weight excluding hydrogens is 336 g/mol. The quantitative estimate of drug-likeness (QED) is 0.714. The lowest BCUT2D eigenvalue weighted by atomic mass is 10.2. The summed E-state index contributed by atoms with van der Waals surface area (Å²) in [5.41, 5.74) is 1.21. The highest BCUT2D eigenvalue weighted by molar-refractivity contribution is 6.01. The van der Waals surface area contributed by atoms with Crippen molar-refractivity contribution in [1.29, 1.82) is 5.26 Å². The molecule has 8 heteroatoms. The summed E-state index contributed by atoms with van der Waals surface area (Å²) < 4.78 is 4.91. The van der Waals surface area contributed by atoms with Crippen molar-refractivity contribution < 1.29 is 19.1 Å². The fourth-order valence-corrected chi connectivity index (χ4v) is 2.56. The van der Waals surface area contributed by atoms with Crippen LogP contribution in [-0.4, -0.2) is 43.6 Å². The van der Waals surface area contributed by atoms with Crippen molar-refractivity contribution in [2.24, 2.45) is 0 Å². The first-order valence-corrected chi connectivity index (χ1v) is 8.56. The number of esters is 1. The number of carbonyl (C=O) groups excluding carboxylic acids is 3. The van der Waals surface area contributed by atoms with E-state index in [1.807, 2.05) is 13.0 Å². The minimum Gasteiger partial charge on any atom is -0.466 e. The van der Waals surface area contributed by atoms with Gasteiger partial charge in [-0.15, -0.1) is 0 Å². The van der Waals surface area contributed by atoms with Crippen LogP contribution in [0.15, 0.2) is 24.3 Å². The molecule has 1 fully saturated rings. The zero-order chi connectivity index (χ0) is 18.9. The fourth-order valence-electron chi connectivity index (χ4n) is 2.56. The van der Waals surface area contributed by atoms with Gasteiger partial charge in [0.25, 0.3) is 0 Å². The molecule has 0 radical (unpaired) electrons. The highest BCUT2D eigenvalue weighted by Gasteiger charge is 2.33. The molecule has 1 aromatic carbocycles. The standard InChI is InChI=1S/C18H22N4O4/c1-2-11-26-16(23)7-9-20-18(25)21-15-8-10-22(17(15)24)14-5-3-13(12-19)4-6-14/h3-6,15H,2,7-11H2,1H3,(H2,20,21,25). The van der Waals surface area contributed by atoms with Gasteiger partial charge >= 0.3 is 12.0 Å². The third-order valence-electron chi connectivity index (χ3n) is 3.90. The zero-order valence-corrected chi connectivity index (χ0v) is 14.7. The average Bonchev–Trinajstić information content (AvgIpc) is 3.00. The van der Waals surface area contributed by atoms with Crippen LogP contribution in [0.5, 0.6) is 0 Å². The predicted octanol–water partition coefficient (Wildman–Crippen LogP) is 1.31. The number of ether oxygens (including phenoxy) is 1. The van der Waals surface area contributed by atoms with Gasteiger partial charge in [-0.25, -0.2) is 4.79 Å². The Balaban J connectivity index is 1.78. The monoisotopic (exact) mass is 358 g/mol. The molecule has 0 bridgehead atoms. The number of anilines is 1. The summed E-state index contributed by atoms with van der Waals surface area (Å²) >= 11 is 0. The summed E-state index contributed by atoms with van der Waals surface area (Å²) in [5, 5.41) is 14.0. The molecule has 3 amide bonds. The smallest absolute Gasteiger partial charge is 0.315 e. The second-order valence-corrected chi connectivity index (χ2v) is 5.86. The van der Waals surface area contributed by atoms with E-state index in [0.29, 0.717) is 30.8 Å². The number of carbonyl (C=O) groups is 3. The highest BCUT2D eigenvalue weighted by atomic mass is 16.5. The van der Waals surface area contributed by atoms with Crippen LogP contribution in [-0.2, 0) is 14.3 Å². The average molecular weight is 358 g/mol. The van der Waals surface area contributed by atoms with Gasteiger partial charge in [0.1, 0.15) is 6.04 Å². The van der Waals surface area contributed by atoms with Gasteiger partial charge in [0.05, 0.1) is 24.7 Å². The summed E-state index contributed by atoms with van der Waals surface area (Å²) in [6.07, 6.45) is 1.33. The number of benzene rings is 1. The summed E-state index contributed by atoms with van der Waals surface area (Å²) in [4.78, 5) is 37.3. The van der Waals surface area contributed by atoms with Gasteiger partial charge in [-0.05, 0) is 37.1 Å². The van der Waals surface area contributed by atoms with Crippen LogP contribution in [0, 0.1) is 11.3 Å². The molecular formula is C18H22N4O4. The Labute approximate surface area is 152 Å². The van der Waals surface area contributed by atoms with E-state index in [9.17, 15) is 14.4 Å². The second-order valence-electron chi connectivity index (χ2n) is 5.86.